The maximum absolute atomic E-state index is 12.1. The van der Waals surface area contributed by atoms with Crippen molar-refractivity contribution in [2.45, 2.75) is 27.7 Å². The summed E-state index contributed by atoms with van der Waals surface area (Å²) in [7, 11) is 0. The molecule has 0 atom stereocenters. The Hall–Kier alpha value is -2.47. The smallest absolute Gasteiger partial charge is 0.261 e. The molecule has 1 heterocycles. The number of hydrogen-bond acceptors (Lipinski definition) is 4. The maximum Gasteiger partial charge on any atom is 0.261 e. The van der Waals surface area contributed by atoms with E-state index in [0.717, 1.165) is 33.7 Å². The van der Waals surface area contributed by atoms with Crippen LogP contribution >= 0.6 is 11.3 Å². The minimum absolute atomic E-state index is 0.0814. The van der Waals surface area contributed by atoms with E-state index in [4.69, 9.17) is 0 Å². The van der Waals surface area contributed by atoms with E-state index >= 15 is 0 Å². The van der Waals surface area contributed by atoms with Crippen LogP contribution in [0, 0.1) is 20.8 Å². The Morgan fingerprint density at radius 1 is 1.00 bits per heavy atom. The van der Waals surface area contributed by atoms with Gasteiger partial charge in [0, 0.05) is 5.69 Å². The fourth-order valence-corrected chi connectivity index (χ4v) is 3.28. The van der Waals surface area contributed by atoms with Crippen LogP contribution in [0.2, 0.25) is 0 Å². The molecule has 2 rings (SSSR count). The lowest BCUT2D eigenvalue weighted by Gasteiger charge is -2.13. The summed E-state index contributed by atoms with van der Waals surface area (Å²) in [5, 5.41) is 5.40. The van der Waals surface area contributed by atoms with Gasteiger partial charge in [-0.25, -0.2) is 0 Å². The number of anilines is 1. The molecular formula is C18H20N2O3S. The van der Waals surface area contributed by atoms with Crippen LogP contribution in [-0.2, 0) is 4.79 Å². The van der Waals surface area contributed by atoms with E-state index in [-0.39, 0.29) is 24.1 Å². The third kappa shape index (κ3) is 4.29. The maximum atomic E-state index is 12.1. The molecule has 24 heavy (non-hydrogen) atoms. The predicted molar refractivity (Wildman–Crippen MR) is 95.9 cm³/mol. The van der Waals surface area contributed by atoms with Gasteiger partial charge in [0.05, 0.1) is 16.3 Å². The molecule has 6 heteroatoms. The van der Waals surface area contributed by atoms with Gasteiger partial charge in [-0.3, -0.25) is 14.4 Å². The van der Waals surface area contributed by atoms with Gasteiger partial charge in [-0.2, -0.15) is 0 Å². The molecule has 1 aromatic carbocycles. The molecule has 5 nitrogen and oxygen atoms in total. The second-order valence-corrected chi connectivity index (χ2v) is 6.81. The van der Waals surface area contributed by atoms with Crippen molar-refractivity contribution in [3.05, 3.63) is 50.7 Å². The summed E-state index contributed by atoms with van der Waals surface area (Å²) in [4.78, 5) is 36.3. The number of ketones is 1. The van der Waals surface area contributed by atoms with Crippen molar-refractivity contribution >= 4 is 34.6 Å². The fourth-order valence-electron chi connectivity index (χ4n) is 2.46. The summed E-state index contributed by atoms with van der Waals surface area (Å²) < 4.78 is 0. The number of Topliss-reactive ketones (excluding diaryl/α,β-unsaturated/α-hetero) is 1. The Bertz CT molecular complexity index is 785. The molecule has 1 aromatic heterocycles. The molecule has 0 spiro atoms. The molecule has 0 aliphatic heterocycles. The van der Waals surface area contributed by atoms with E-state index < -0.39 is 0 Å². The normalized spacial score (nSPS) is 10.3. The molecule has 0 unspecified atom stereocenters. The molecule has 0 saturated heterocycles. The average Bonchev–Trinajstić information content (AvgIpc) is 2.98. The van der Waals surface area contributed by atoms with E-state index in [1.54, 1.807) is 12.1 Å². The summed E-state index contributed by atoms with van der Waals surface area (Å²) in [5.74, 6) is -0.733. The minimum atomic E-state index is -0.361. The monoisotopic (exact) mass is 344 g/mol. The van der Waals surface area contributed by atoms with Crippen LogP contribution in [0.4, 0.5) is 5.69 Å². The van der Waals surface area contributed by atoms with Crippen LogP contribution in [0.3, 0.4) is 0 Å². The van der Waals surface area contributed by atoms with E-state index in [9.17, 15) is 14.4 Å². The minimum Gasteiger partial charge on any atom is -0.342 e. The largest absolute Gasteiger partial charge is 0.342 e. The van der Waals surface area contributed by atoms with Gasteiger partial charge in [0.25, 0.3) is 5.91 Å². The van der Waals surface area contributed by atoms with Crippen LogP contribution in [0.1, 0.15) is 43.0 Å². The summed E-state index contributed by atoms with van der Waals surface area (Å²) in [6.45, 7) is 7.19. The van der Waals surface area contributed by atoms with E-state index in [1.165, 1.54) is 6.92 Å². The molecule has 0 fully saturated rings. The zero-order chi connectivity index (χ0) is 17.9. The van der Waals surface area contributed by atoms with Gasteiger partial charge in [0.2, 0.25) is 5.91 Å². The summed E-state index contributed by atoms with van der Waals surface area (Å²) in [6, 6.07) is 7.19. The molecule has 126 valence electrons. The number of thiophene rings is 1. The summed E-state index contributed by atoms with van der Waals surface area (Å²) in [6.07, 6.45) is 0. The molecule has 0 radical (unpaired) electrons. The third-order valence-electron chi connectivity index (χ3n) is 3.53. The lowest BCUT2D eigenvalue weighted by Crippen LogP contribution is -2.32. The number of hydrogen-bond donors (Lipinski definition) is 2. The zero-order valence-corrected chi connectivity index (χ0v) is 15.0. The summed E-state index contributed by atoms with van der Waals surface area (Å²) in [5.41, 5.74) is 3.87. The van der Waals surface area contributed by atoms with Gasteiger partial charge in [0.1, 0.15) is 0 Å². The zero-order valence-electron chi connectivity index (χ0n) is 14.1. The van der Waals surface area contributed by atoms with Gasteiger partial charge in [-0.15, -0.1) is 11.3 Å². The molecule has 0 aliphatic rings. The van der Waals surface area contributed by atoms with Crippen LogP contribution in [0.15, 0.2) is 24.3 Å². The van der Waals surface area contributed by atoms with Crippen LogP contribution in [0.25, 0.3) is 0 Å². The molecule has 2 N–H and O–H groups in total. The molecule has 0 saturated carbocycles. The number of aryl methyl sites for hydroxylation is 3. The quantitative estimate of drug-likeness (QED) is 0.818. The van der Waals surface area contributed by atoms with E-state index in [1.807, 2.05) is 32.9 Å². The van der Waals surface area contributed by atoms with Crippen molar-refractivity contribution in [2.24, 2.45) is 0 Å². The molecule has 0 bridgehead atoms. The van der Waals surface area contributed by atoms with Crippen LogP contribution in [0.5, 0.6) is 0 Å². The van der Waals surface area contributed by atoms with Crippen molar-refractivity contribution < 1.29 is 14.4 Å². The van der Waals surface area contributed by atoms with Gasteiger partial charge in [0.15, 0.2) is 5.78 Å². The summed E-state index contributed by atoms with van der Waals surface area (Å²) >= 11 is 1.12. The Labute approximate surface area is 145 Å². The van der Waals surface area contributed by atoms with Crippen molar-refractivity contribution in [1.82, 2.24) is 5.32 Å². The lowest BCUT2D eigenvalue weighted by atomic mass is 10.1. The molecular weight excluding hydrogens is 324 g/mol. The number of rotatable bonds is 5. The SMILES string of the molecule is CC(=O)c1ccc(C(=O)NCC(=O)Nc2c(C)cc(C)cc2C)s1. The Morgan fingerprint density at radius 3 is 2.12 bits per heavy atom. The van der Waals surface area contributed by atoms with Crippen molar-refractivity contribution in [3.8, 4) is 0 Å². The number of benzene rings is 1. The predicted octanol–water partition coefficient (Wildman–Crippen LogP) is 3.24. The number of amides is 2. The second-order valence-electron chi connectivity index (χ2n) is 5.72. The van der Waals surface area contributed by atoms with E-state index in [2.05, 4.69) is 10.6 Å². The lowest BCUT2D eigenvalue weighted by molar-refractivity contribution is -0.115. The molecule has 0 aliphatic carbocycles. The first-order chi connectivity index (χ1) is 11.3. The first kappa shape index (κ1) is 17.9. The highest BCUT2D eigenvalue weighted by atomic mass is 32.1. The fraction of sp³-hybridized carbons (Fsp3) is 0.278. The highest BCUT2D eigenvalue weighted by Crippen LogP contribution is 2.21. The standard InChI is InChI=1S/C18H20N2O3S/c1-10-7-11(2)17(12(3)8-10)20-16(22)9-19-18(23)15-6-5-14(24-15)13(4)21/h5-8H,9H2,1-4H3,(H,19,23)(H,20,22). The van der Waals surface area contributed by atoms with Crippen LogP contribution < -0.4 is 10.6 Å². The number of carbonyl (C=O) groups is 3. The van der Waals surface area contributed by atoms with Crippen molar-refractivity contribution in [2.75, 3.05) is 11.9 Å². The Morgan fingerprint density at radius 2 is 1.58 bits per heavy atom. The number of nitrogens with one attached hydrogen (secondary N) is 2. The van der Waals surface area contributed by atoms with Crippen molar-refractivity contribution in [1.29, 1.82) is 0 Å². The highest BCUT2D eigenvalue weighted by Gasteiger charge is 2.13. The first-order valence-corrected chi connectivity index (χ1v) is 8.36. The third-order valence-corrected chi connectivity index (χ3v) is 4.71. The van der Waals surface area contributed by atoms with Gasteiger partial charge >= 0.3 is 0 Å². The average molecular weight is 344 g/mol. The van der Waals surface area contributed by atoms with Gasteiger partial charge in [-0.05, 0) is 51.0 Å². The Kier molecular flexibility index (Phi) is 5.51. The van der Waals surface area contributed by atoms with E-state index in [0.29, 0.717) is 9.75 Å². The number of carbonyl (C=O) groups excluding carboxylic acids is 3. The van der Waals surface area contributed by atoms with Crippen LogP contribution in [-0.4, -0.2) is 24.1 Å². The Balaban J connectivity index is 1.95. The highest BCUT2D eigenvalue weighted by molar-refractivity contribution is 7.15. The molecule has 2 amide bonds. The van der Waals surface area contributed by atoms with Gasteiger partial charge < -0.3 is 10.6 Å². The topological polar surface area (TPSA) is 75.3 Å². The molecule has 2 aromatic rings. The van der Waals surface area contributed by atoms with Crippen molar-refractivity contribution in [3.63, 3.8) is 0 Å². The second kappa shape index (κ2) is 7.40. The first-order valence-electron chi connectivity index (χ1n) is 7.54. The van der Waals surface area contributed by atoms with Gasteiger partial charge in [-0.1, -0.05) is 17.7 Å².